The van der Waals surface area contributed by atoms with Gasteiger partial charge in [0.25, 0.3) is 5.91 Å². The number of anilines is 1. The number of carbonyl (C=O) groups is 2. The van der Waals surface area contributed by atoms with Gasteiger partial charge in [-0.3, -0.25) is 9.78 Å². The zero-order valence-corrected chi connectivity index (χ0v) is 15.9. The number of pyridine rings is 1. The molecule has 0 atom stereocenters. The highest BCUT2D eigenvalue weighted by Crippen LogP contribution is 2.30. The number of amides is 1. The topological polar surface area (TPSA) is 68.3 Å². The number of ether oxygens (including phenoxy) is 1. The zero-order chi connectivity index (χ0) is 18.8. The third-order valence-electron chi connectivity index (χ3n) is 4.65. The minimum Gasteiger partial charge on any atom is -0.451 e. The third-order valence-corrected chi connectivity index (χ3v) is 5.87. The Kier molecular flexibility index (Phi) is 4.90. The molecule has 0 fully saturated rings. The van der Waals surface area contributed by atoms with Crippen molar-refractivity contribution in [3.8, 4) is 0 Å². The van der Waals surface area contributed by atoms with E-state index in [-0.39, 0.29) is 12.5 Å². The van der Waals surface area contributed by atoms with Crippen LogP contribution >= 0.6 is 11.3 Å². The Morgan fingerprint density at radius 1 is 1.19 bits per heavy atom. The van der Waals surface area contributed by atoms with Gasteiger partial charge in [0.15, 0.2) is 6.61 Å². The normalized spacial score (nSPS) is 13.2. The van der Waals surface area contributed by atoms with Crippen LogP contribution in [0.4, 0.5) is 5.69 Å². The summed E-state index contributed by atoms with van der Waals surface area (Å²) < 4.78 is 5.23. The predicted molar refractivity (Wildman–Crippen MR) is 106 cm³/mol. The van der Waals surface area contributed by atoms with Gasteiger partial charge in [0.05, 0.1) is 11.2 Å². The summed E-state index contributed by atoms with van der Waals surface area (Å²) in [5.41, 5.74) is 3.55. The highest BCUT2D eigenvalue weighted by molar-refractivity contribution is 7.14. The van der Waals surface area contributed by atoms with Gasteiger partial charge in [-0.25, -0.2) is 4.79 Å². The molecule has 0 radical (unpaired) electrons. The van der Waals surface area contributed by atoms with Crippen molar-refractivity contribution in [3.05, 3.63) is 57.4 Å². The molecule has 2 heterocycles. The van der Waals surface area contributed by atoms with E-state index in [2.05, 4.69) is 10.3 Å². The van der Waals surface area contributed by atoms with Gasteiger partial charge in [-0.15, -0.1) is 11.3 Å². The molecule has 1 aliphatic carbocycles. The van der Waals surface area contributed by atoms with Gasteiger partial charge in [-0.1, -0.05) is 18.2 Å². The number of esters is 1. The molecule has 5 nitrogen and oxygen atoms in total. The molecule has 0 saturated heterocycles. The fourth-order valence-corrected chi connectivity index (χ4v) is 4.54. The van der Waals surface area contributed by atoms with Gasteiger partial charge < -0.3 is 10.1 Å². The first-order valence-electron chi connectivity index (χ1n) is 9.05. The van der Waals surface area contributed by atoms with Crippen molar-refractivity contribution < 1.29 is 14.3 Å². The Balaban J connectivity index is 1.41. The van der Waals surface area contributed by atoms with Crippen LogP contribution in [-0.4, -0.2) is 23.5 Å². The number of aromatic nitrogens is 1. The second-order valence-corrected chi connectivity index (χ2v) is 7.86. The smallest absolute Gasteiger partial charge is 0.348 e. The summed E-state index contributed by atoms with van der Waals surface area (Å²) in [7, 11) is 0. The van der Waals surface area contributed by atoms with E-state index in [4.69, 9.17) is 4.74 Å². The summed E-state index contributed by atoms with van der Waals surface area (Å²) in [6.07, 6.45) is 4.39. The molecule has 0 aliphatic heterocycles. The number of nitrogens with zero attached hydrogens (tertiary/aromatic N) is 1. The minimum absolute atomic E-state index is 0.308. The number of hydrogen-bond donors (Lipinski definition) is 1. The maximum absolute atomic E-state index is 12.3. The molecule has 0 spiro atoms. The molecule has 1 N–H and O–H groups in total. The van der Waals surface area contributed by atoms with Gasteiger partial charge in [-0.05, 0) is 56.4 Å². The highest BCUT2D eigenvalue weighted by atomic mass is 32.1. The lowest BCUT2D eigenvalue weighted by molar-refractivity contribution is -0.119. The van der Waals surface area contributed by atoms with Crippen LogP contribution < -0.4 is 5.32 Å². The van der Waals surface area contributed by atoms with Crippen LogP contribution in [0.1, 0.15) is 38.6 Å². The lowest BCUT2D eigenvalue weighted by Crippen LogP contribution is -2.21. The number of fused-ring (bicyclic) bond motifs is 2. The molecule has 0 saturated carbocycles. The molecule has 3 aromatic rings. The van der Waals surface area contributed by atoms with Crippen LogP contribution in [0.2, 0.25) is 0 Å². The lowest BCUT2D eigenvalue weighted by atomic mass is 9.99. The number of thiophene rings is 1. The van der Waals surface area contributed by atoms with E-state index in [0.29, 0.717) is 10.6 Å². The van der Waals surface area contributed by atoms with Gasteiger partial charge >= 0.3 is 5.97 Å². The minimum atomic E-state index is -0.430. The number of hydrogen-bond acceptors (Lipinski definition) is 5. The average molecular weight is 380 g/mol. The fraction of sp³-hybridized carbons (Fsp3) is 0.286. The monoisotopic (exact) mass is 380 g/mol. The molecule has 1 aliphatic rings. The number of para-hydroxylation sites is 1. The fourth-order valence-electron chi connectivity index (χ4n) is 3.39. The van der Waals surface area contributed by atoms with Crippen molar-refractivity contribution in [1.29, 1.82) is 0 Å². The van der Waals surface area contributed by atoms with E-state index >= 15 is 0 Å². The van der Waals surface area contributed by atoms with Crippen molar-refractivity contribution in [1.82, 2.24) is 4.98 Å². The maximum atomic E-state index is 12.3. The Labute approximate surface area is 161 Å². The van der Waals surface area contributed by atoms with Crippen LogP contribution in [0.5, 0.6) is 0 Å². The summed E-state index contributed by atoms with van der Waals surface area (Å²) in [6.45, 7) is 1.57. The average Bonchev–Trinajstić information content (AvgIpc) is 3.10. The predicted octanol–water partition coefficient (Wildman–Crippen LogP) is 4.28. The van der Waals surface area contributed by atoms with E-state index in [1.54, 1.807) is 0 Å². The van der Waals surface area contributed by atoms with E-state index < -0.39 is 5.97 Å². The van der Waals surface area contributed by atoms with Gasteiger partial charge in [-0.2, -0.15) is 0 Å². The van der Waals surface area contributed by atoms with Crippen LogP contribution in [0.25, 0.3) is 10.9 Å². The van der Waals surface area contributed by atoms with Crippen LogP contribution in [0, 0.1) is 6.92 Å². The Morgan fingerprint density at radius 3 is 2.85 bits per heavy atom. The number of nitrogens with one attached hydrogen (secondary N) is 1. The van der Waals surface area contributed by atoms with Crippen LogP contribution in [0.15, 0.2) is 36.4 Å². The third kappa shape index (κ3) is 3.85. The first kappa shape index (κ1) is 17.7. The number of rotatable bonds is 4. The van der Waals surface area contributed by atoms with Gasteiger partial charge in [0.2, 0.25) is 0 Å². The zero-order valence-electron chi connectivity index (χ0n) is 15.1. The number of aryl methyl sites for hydroxylation is 3. The Bertz CT molecular complexity index is 1000. The van der Waals surface area contributed by atoms with Crippen molar-refractivity contribution in [2.45, 2.75) is 32.6 Å². The molecular weight excluding hydrogens is 360 g/mol. The molecule has 4 rings (SSSR count). The molecule has 1 amide bonds. The molecule has 0 unspecified atom stereocenters. The molecule has 138 valence electrons. The standard InChI is InChI=1S/C21H20N2O3S/c1-13-10-17(15-7-3-4-8-16(15)22-13)23-20(24)12-26-21(25)19-11-14-6-2-5-9-18(14)27-19/h3-4,7-8,10-11H,2,5-6,9,12H2,1H3,(H,22,23,24). The SMILES string of the molecule is Cc1cc(NC(=O)COC(=O)c2cc3c(s2)CCCC3)c2ccccc2n1. The summed E-state index contributed by atoms with van der Waals surface area (Å²) in [4.78, 5) is 30.9. The second kappa shape index (κ2) is 7.48. The first-order valence-corrected chi connectivity index (χ1v) is 9.87. The Hall–Kier alpha value is -2.73. The quantitative estimate of drug-likeness (QED) is 0.686. The summed E-state index contributed by atoms with van der Waals surface area (Å²) in [5, 5.41) is 3.68. The van der Waals surface area contributed by atoms with Crippen molar-refractivity contribution >= 4 is 39.8 Å². The largest absolute Gasteiger partial charge is 0.451 e. The Morgan fingerprint density at radius 2 is 2.00 bits per heavy atom. The number of benzene rings is 1. The molecule has 2 aromatic heterocycles. The molecule has 1 aromatic carbocycles. The van der Waals surface area contributed by atoms with Gasteiger partial charge in [0.1, 0.15) is 4.88 Å². The summed E-state index contributed by atoms with van der Waals surface area (Å²) in [5.74, 6) is -0.791. The highest BCUT2D eigenvalue weighted by Gasteiger charge is 2.19. The molecule has 27 heavy (non-hydrogen) atoms. The van der Waals surface area contributed by atoms with Gasteiger partial charge in [0, 0.05) is 16.0 Å². The first-order chi connectivity index (χ1) is 13.1. The molecule has 6 heteroatoms. The van der Waals surface area contributed by atoms with Crippen molar-refractivity contribution in [2.24, 2.45) is 0 Å². The van der Waals surface area contributed by atoms with E-state index in [0.717, 1.165) is 29.4 Å². The maximum Gasteiger partial charge on any atom is 0.348 e. The van der Waals surface area contributed by atoms with E-state index in [9.17, 15) is 9.59 Å². The summed E-state index contributed by atoms with van der Waals surface area (Å²) in [6, 6.07) is 11.3. The number of carbonyl (C=O) groups excluding carboxylic acids is 2. The molecular formula is C21H20N2O3S. The van der Waals surface area contributed by atoms with E-state index in [1.807, 2.05) is 43.3 Å². The van der Waals surface area contributed by atoms with Crippen LogP contribution in [0.3, 0.4) is 0 Å². The molecule has 0 bridgehead atoms. The van der Waals surface area contributed by atoms with Crippen molar-refractivity contribution in [3.63, 3.8) is 0 Å². The van der Waals surface area contributed by atoms with Crippen LogP contribution in [-0.2, 0) is 22.4 Å². The second-order valence-electron chi connectivity index (χ2n) is 6.72. The lowest BCUT2D eigenvalue weighted by Gasteiger charge is -2.10. The van der Waals surface area contributed by atoms with Crippen molar-refractivity contribution in [2.75, 3.05) is 11.9 Å². The summed E-state index contributed by atoms with van der Waals surface area (Å²) >= 11 is 1.49. The van der Waals surface area contributed by atoms with E-state index in [1.165, 1.54) is 34.6 Å².